The lowest BCUT2D eigenvalue weighted by Gasteiger charge is -2.17. The first-order valence-electron chi connectivity index (χ1n) is 4.80. The van der Waals surface area contributed by atoms with Gasteiger partial charge in [-0.2, -0.15) is 0 Å². The van der Waals surface area contributed by atoms with E-state index in [1.807, 2.05) is 12.1 Å². The molecule has 0 radical (unpaired) electrons. The third-order valence-electron chi connectivity index (χ3n) is 2.51. The maximum atomic E-state index is 11.8. The Labute approximate surface area is 119 Å². The van der Waals surface area contributed by atoms with Crippen molar-refractivity contribution in [3.05, 3.63) is 21.3 Å². The summed E-state index contributed by atoms with van der Waals surface area (Å²) in [6, 6.07) is 3.74. The molecule has 6 heteroatoms. The number of alkyl halides is 1. The summed E-state index contributed by atoms with van der Waals surface area (Å²) in [7, 11) is 0. The third kappa shape index (κ3) is 2.49. The normalized spacial score (nSPS) is 20.6. The summed E-state index contributed by atoms with van der Waals surface area (Å²) in [5.41, 5.74) is 0.844. The third-order valence-corrected chi connectivity index (χ3v) is 4.45. The summed E-state index contributed by atoms with van der Waals surface area (Å²) >= 11 is 10.1. The number of halogens is 3. The second-order valence-corrected chi connectivity index (χ2v) is 5.88. The first-order valence-corrected chi connectivity index (χ1v) is 7.51. The lowest BCUT2D eigenvalue weighted by atomic mass is 10.2. The highest BCUT2D eigenvalue weighted by atomic mass is 79.9. The molecule has 1 aliphatic rings. The SMILES string of the molecule is O=C1CC(CBr)CN1c1ccc(Br)nc1Br. The summed E-state index contributed by atoms with van der Waals surface area (Å²) in [6.07, 6.45) is 0.605. The van der Waals surface area contributed by atoms with Gasteiger partial charge in [0.25, 0.3) is 0 Å². The number of hydrogen-bond acceptors (Lipinski definition) is 2. The molecule has 16 heavy (non-hydrogen) atoms. The summed E-state index contributed by atoms with van der Waals surface area (Å²) in [5, 5.41) is 0.858. The molecule has 0 aromatic carbocycles. The van der Waals surface area contributed by atoms with Gasteiger partial charge in [0, 0.05) is 18.3 Å². The highest BCUT2D eigenvalue weighted by molar-refractivity contribution is 9.11. The van der Waals surface area contributed by atoms with Crippen molar-refractivity contribution in [1.29, 1.82) is 0 Å². The maximum absolute atomic E-state index is 11.8. The van der Waals surface area contributed by atoms with Gasteiger partial charge in [-0.1, -0.05) is 15.9 Å². The zero-order valence-electron chi connectivity index (χ0n) is 8.29. The number of anilines is 1. The van der Waals surface area contributed by atoms with Crippen LogP contribution in [0.25, 0.3) is 0 Å². The van der Waals surface area contributed by atoms with Crippen LogP contribution in [0.1, 0.15) is 6.42 Å². The Morgan fingerprint density at radius 3 is 2.75 bits per heavy atom. The fourth-order valence-electron chi connectivity index (χ4n) is 1.72. The molecule has 2 rings (SSSR count). The largest absolute Gasteiger partial charge is 0.310 e. The minimum Gasteiger partial charge on any atom is -0.310 e. The van der Waals surface area contributed by atoms with Crippen molar-refractivity contribution in [3.63, 3.8) is 0 Å². The molecule has 0 aliphatic carbocycles. The van der Waals surface area contributed by atoms with Crippen LogP contribution < -0.4 is 4.90 Å². The number of rotatable bonds is 2. The first-order chi connectivity index (χ1) is 7.61. The van der Waals surface area contributed by atoms with E-state index in [4.69, 9.17) is 0 Å². The summed E-state index contributed by atoms with van der Waals surface area (Å²) in [4.78, 5) is 17.8. The molecule has 0 bridgehead atoms. The van der Waals surface area contributed by atoms with Crippen molar-refractivity contribution >= 4 is 59.4 Å². The van der Waals surface area contributed by atoms with Gasteiger partial charge >= 0.3 is 0 Å². The van der Waals surface area contributed by atoms with Crippen molar-refractivity contribution in [2.24, 2.45) is 5.92 Å². The molecule has 0 N–H and O–H groups in total. The van der Waals surface area contributed by atoms with E-state index in [2.05, 4.69) is 52.8 Å². The van der Waals surface area contributed by atoms with E-state index in [0.717, 1.165) is 22.2 Å². The fraction of sp³-hybridized carbons (Fsp3) is 0.400. The van der Waals surface area contributed by atoms with Crippen LogP contribution in [-0.2, 0) is 4.79 Å². The molecule has 1 unspecified atom stereocenters. The Hall–Kier alpha value is 0.0600. The van der Waals surface area contributed by atoms with Crippen LogP contribution in [0.4, 0.5) is 5.69 Å². The van der Waals surface area contributed by atoms with Gasteiger partial charge < -0.3 is 4.90 Å². The van der Waals surface area contributed by atoms with Gasteiger partial charge in [0.1, 0.15) is 9.21 Å². The topological polar surface area (TPSA) is 33.2 Å². The van der Waals surface area contributed by atoms with E-state index in [1.165, 1.54) is 0 Å². The van der Waals surface area contributed by atoms with Gasteiger partial charge in [0.05, 0.1) is 5.69 Å². The average molecular weight is 413 g/mol. The molecule has 2 heterocycles. The molecular weight excluding hydrogens is 404 g/mol. The van der Waals surface area contributed by atoms with Crippen molar-refractivity contribution in [2.45, 2.75) is 6.42 Å². The van der Waals surface area contributed by atoms with Gasteiger partial charge in [0.2, 0.25) is 5.91 Å². The highest BCUT2D eigenvalue weighted by Gasteiger charge is 2.31. The minimum atomic E-state index is 0.161. The Bertz CT molecular complexity index is 425. The van der Waals surface area contributed by atoms with Crippen molar-refractivity contribution in [2.75, 3.05) is 16.8 Å². The monoisotopic (exact) mass is 410 g/mol. The molecule has 3 nitrogen and oxygen atoms in total. The molecular formula is C10H9Br3N2O. The molecule has 1 aromatic heterocycles. The zero-order valence-corrected chi connectivity index (χ0v) is 13.0. The van der Waals surface area contributed by atoms with Crippen LogP contribution >= 0.6 is 47.8 Å². The van der Waals surface area contributed by atoms with Gasteiger partial charge in [-0.15, -0.1) is 0 Å². The van der Waals surface area contributed by atoms with Crippen LogP contribution in [0.15, 0.2) is 21.3 Å². The maximum Gasteiger partial charge on any atom is 0.227 e. The number of carbonyl (C=O) groups excluding carboxylic acids is 1. The van der Waals surface area contributed by atoms with Crippen LogP contribution in [-0.4, -0.2) is 22.8 Å². The summed E-state index contributed by atoms with van der Waals surface area (Å²) < 4.78 is 1.46. The number of hydrogen-bond donors (Lipinski definition) is 0. The first kappa shape index (κ1) is 12.5. The Morgan fingerprint density at radius 2 is 2.19 bits per heavy atom. The predicted molar refractivity (Wildman–Crippen MR) is 73.9 cm³/mol. The van der Waals surface area contributed by atoms with Crippen molar-refractivity contribution < 1.29 is 4.79 Å². The number of pyridine rings is 1. The number of carbonyl (C=O) groups is 1. The number of nitrogens with zero attached hydrogens (tertiary/aromatic N) is 2. The van der Waals surface area contributed by atoms with E-state index < -0.39 is 0 Å². The van der Waals surface area contributed by atoms with Crippen molar-refractivity contribution in [3.8, 4) is 0 Å². The molecule has 1 amide bonds. The molecule has 86 valence electrons. The minimum absolute atomic E-state index is 0.161. The number of aromatic nitrogens is 1. The Kier molecular flexibility index (Phi) is 4.02. The van der Waals surface area contributed by atoms with Gasteiger partial charge in [-0.05, 0) is 49.9 Å². The highest BCUT2D eigenvalue weighted by Crippen LogP contribution is 2.31. The molecule has 1 aromatic rings. The van der Waals surface area contributed by atoms with E-state index >= 15 is 0 Å². The summed E-state index contributed by atoms with van der Waals surface area (Å²) in [6.45, 7) is 0.756. The van der Waals surface area contributed by atoms with Crippen LogP contribution in [0.2, 0.25) is 0 Å². The smallest absolute Gasteiger partial charge is 0.227 e. The predicted octanol–water partition coefficient (Wildman–Crippen LogP) is 3.35. The second kappa shape index (κ2) is 5.14. The van der Waals surface area contributed by atoms with Crippen molar-refractivity contribution in [1.82, 2.24) is 4.98 Å². The number of amides is 1. The lowest BCUT2D eigenvalue weighted by molar-refractivity contribution is -0.117. The molecule has 0 saturated carbocycles. The molecule has 0 spiro atoms. The quantitative estimate of drug-likeness (QED) is 0.551. The molecule has 1 atom stereocenters. The second-order valence-electron chi connectivity index (χ2n) is 3.67. The lowest BCUT2D eigenvalue weighted by Crippen LogP contribution is -2.25. The standard InChI is InChI=1S/C10H9Br3N2O/c11-4-6-3-9(16)15(5-6)7-1-2-8(12)14-10(7)13/h1-2,6H,3-5H2. The van der Waals surface area contributed by atoms with Crippen LogP contribution in [0, 0.1) is 5.92 Å². The van der Waals surface area contributed by atoms with E-state index in [-0.39, 0.29) is 5.91 Å². The Morgan fingerprint density at radius 1 is 1.44 bits per heavy atom. The van der Waals surface area contributed by atoms with E-state index in [0.29, 0.717) is 16.9 Å². The molecule has 1 aliphatic heterocycles. The average Bonchev–Trinajstić information content (AvgIpc) is 2.60. The van der Waals surface area contributed by atoms with E-state index in [1.54, 1.807) is 4.90 Å². The van der Waals surface area contributed by atoms with Crippen LogP contribution in [0.5, 0.6) is 0 Å². The van der Waals surface area contributed by atoms with E-state index in [9.17, 15) is 4.79 Å². The van der Waals surface area contributed by atoms with Gasteiger partial charge in [-0.25, -0.2) is 4.98 Å². The van der Waals surface area contributed by atoms with Gasteiger partial charge in [-0.3, -0.25) is 4.79 Å². The van der Waals surface area contributed by atoms with Crippen LogP contribution in [0.3, 0.4) is 0 Å². The molecule has 1 saturated heterocycles. The van der Waals surface area contributed by atoms with Gasteiger partial charge in [0.15, 0.2) is 0 Å². The summed E-state index contributed by atoms with van der Waals surface area (Å²) in [5.74, 6) is 0.553. The fourth-order valence-corrected chi connectivity index (χ4v) is 3.24. The zero-order chi connectivity index (χ0) is 11.7. The molecule has 1 fully saturated rings. The Balaban J connectivity index is 2.28.